The summed E-state index contributed by atoms with van der Waals surface area (Å²) in [6.45, 7) is 3.98. The van der Waals surface area contributed by atoms with Crippen molar-refractivity contribution in [1.82, 2.24) is 5.32 Å². The maximum atomic E-state index is 13.0. The normalized spacial score (nSPS) is 11.6. The number of hydrogen-bond acceptors (Lipinski definition) is 2. The lowest BCUT2D eigenvalue weighted by Crippen LogP contribution is -2.50. The Hall–Kier alpha value is -1.13. The first-order valence-corrected chi connectivity index (χ1v) is 6.25. The van der Waals surface area contributed by atoms with Crippen molar-refractivity contribution in [2.24, 2.45) is 0 Å². The molecule has 0 aliphatic carbocycles. The number of halogens is 2. The molecule has 0 radical (unpaired) electrons. The first-order chi connectivity index (χ1) is 8.45. The van der Waals surface area contributed by atoms with Gasteiger partial charge in [0, 0.05) is 6.54 Å². The quantitative estimate of drug-likeness (QED) is 0.837. The minimum atomic E-state index is -0.944. The first-order valence-electron chi connectivity index (χ1n) is 5.87. The van der Waals surface area contributed by atoms with Gasteiger partial charge in [0.2, 0.25) is 0 Å². The van der Waals surface area contributed by atoms with Crippen LogP contribution in [0.2, 0.25) is 5.02 Å². The maximum absolute atomic E-state index is 13.0. The Kier molecular flexibility index (Phi) is 5.11. The van der Waals surface area contributed by atoms with Gasteiger partial charge in [-0.2, -0.15) is 0 Å². The van der Waals surface area contributed by atoms with Gasteiger partial charge in [0.15, 0.2) is 0 Å². The SMILES string of the molecule is CCC(CC)(NCc1ccc(F)c(Cl)c1)C(=O)O. The van der Waals surface area contributed by atoms with Crippen LogP contribution in [0, 0.1) is 5.82 Å². The minimum Gasteiger partial charge on any atom is -0.480 e. The van der Waals surface area contributed by atoms with Crippen LogP contribution in [-0.4, -0.2) is 16.6 Å². The molecule has 0 spiro atoms. The molecule has 0 atom stereocenters. The monoisotopic (exact) mass is 273 g/mol. The van der Waals surface area contributed by atoms with Gasteiger partial charge in [-0.1, -0.05) is 31.5 Å². The number of aliphatic carboxylic acids is 1. The largest absolute Gasteiger partial charge is 0.480 e. The molecule has 1 rings (SSSR count). The smallest absolute Gasteiger partial charge is 0.323 e. The molecule has 0 bridgehead atoms. The van der Waals surface area contributed by atoms with Crippen LogP contribution in [0.1, 0.15) is 32.3 Å². The Labute approximate surface area is 111 Å². The molecule has 0 heterocycles. The molecular formula is C13H17ClFNO2. The molecule has 0 saturated heterocycles. The number of carboxylic acids is 1. The van der Waals surface area contributed by atoms with Crippen molar-refractivity contribution in [1.29, 1.82) is 0 Å². The van der Waals surface area contributed by atoms with Crippen molar-refractivity contribution in [2.45, 2.75) is 38.8 Å². The van der Waals surface area contributed by atoms with Gasteiger partial charge in [-0.05, 0) is 30.5 Å². The maximum Gasteiger partial charge on any atom is 0.323 e. The Morgan fingerprint density at radius 2 is 2.06 bits per heavy atom. The van der Waals surface area contributed by atoms with Crippen LogP contribution in [0.5, 0.6) is 0 Å². The van der Waals surface area contributed by atoms with E-state index in [9.17, 15) is 14.3 Å². The number of carbonyl (C=O) groups is 1. The summed E-state index contributed by atoms with van der Waals surface area (Å²) in [5.41, 5.74) is -0.185. The molecule has 0 aliphatic rings. The van der Waals surface area contributed by atoms with E-state index in [2.05, 4.69) is 5.32 Å². The van der Waals surface area contributed by atoms with Gasteiger partial charge >= 0.3 is 5.97 Å². The highest BCUT2D eigenvalue weighted by Crippen LogP contribution is 2.19. The Morgan fingerprint density at radius 1 is 1.44 bits per heavy atom. The van der Waals surface area contributed by atoms with Gasteiger partial charge in [-0.15, -0.1) is 0 Å². The molecule has 0 fully saturated rings. The van der Waals surface area contributed by atoms with Crippen LogP contribution in [0.4, 0.5) is 4.39 Å². The van der Waals surface area contributed by atoms with Crippen molar-refractivity contribution in [3.05, 3.63) is 34.6 Å². The van der Waals surface area contributed by atoms with Crippen molar-refractivity contribution in [3.63, 3.8) is 0 Å². The lowest BCUT2D eigenvalue weighted by Gasteiger charge is -2.28. The second-order valence-corrected chi connectivity index (χ2v) is 4.60. The molecule has 5 heteroatoms. The Morgan fingerprint density at radius 3 is 2.50 bits per heavy atom. The molecule has 1 aromatic rings. The van der Waals surface area contributed by atoms with E-state index in [0.29, 0.717) is 19.4 Å². The molecule has 18 heavy (non-hydrogen) atoms. The van der Waals surface area contributed by atoms with Crippen molar-refractivity contribution >= 4 is 17.6 Å². The van der Waals surface area contributed by atoms with E-state index in [1.807, 2.05) is 13.8 Å². The van der Waals surface area contributed by atoms with Gasteiger partial charge < -0.3 is 5.11 Å². The lowest BCUT2D eigenvalue weighted by atomic mass is 9.92. The summed E-state index contributed by atoms with van der Waals surface area (Å²) in [7, 11) is 0. The summed E-state index contributed by atoms with van der Waals surface area (Å²) in [6, 6.07) is 4.37. The first kappa shape index (κ1) is 14.9. The van der Waals surface area contributed by atoms with Gasteiger partial charge in [0.1, 0.15) is 11.4 Å². The van der Waals surface area contributed by atoms with Crippen molar-refractivity contribution < 1.29 is 14.3 Å². The molecule has 0 amide bonds. The predicted octanol–water partition coefficient (Wildman–Crippen LogP) is 3.21. The van der Waals surface area contributed by atoms with E-state index in [-0.39, 0.29) is 5.02 Å². The molecular weight excluding hydrogens is 257 g/mol. The summed E-state index contributed by atoms with van der Waals surface area (Å²) in [5, 5.41) is 12.3. The fourth-order valence-electron chi connectivity index (χ4n) is 1.80. The van der Waals surface area contributed by atoms with Crippen LogP contribution in [0.25, 0.3) is 0 Å². The third-order valence-corrected chi connectivity index (χ3v) is 3.52. The summed E-state index contributed by atoms with van der Waals surface area (Å²) >= 11 is 5.68. The van der Waals surface area contributed by atoms with E-state index in [1.165, 1.54) is 12.1 Å². The number of rotatable bonds is 6. The van der Waals surface area contributed by atoms with Gasteiger partial charge in [0.05, 0.1) is 5.02 Å². The van der Waals surface area contributed by atoms with E-state index in [1.54, 1.807) is 6.07 Å². The fraction of sp³-hybridized carbons (Fsp3) is 0.462. The fourth-order valence-corrected chi connectivity index (χ4v) is 2.00. The second kappa shape index (κ2) is 6.16. The second-order valence-electron chi connectivity index (χ2n) is 4.20. The zero-order valence-corrected chi connectivity index (χ0v) is 11.2. The van der Waals surface area contributed by atoms with E-state index >= 15 is 0 Å². The molecule has 2 N–H and O–H groups in total. The van der Waals surface area contributed by atoms with Gasteiger partial charge in [-0.3, -0.25) is 10.1 Å². The minimum absolute atomic E-state index is 0.0446. The van der Waals surface area contributed by atoms with Crippen LogP contribution in [0.3, 0.4) is 0 Å². The Balaban J connectivity index is 2.79. The lowest BCUT2D eigenvalue weighted by molar-refractivity contribution is -0.145. The molecule has 0 aliphatic heterocycles. The van der Waals surface area contributed by atoms with E-state index < -0.39 is 17.3 Å². The van der Waals surface area contributed by atoms with E-state index in [0.717, 1.165) is 5.56 Å². The zero-order chi connectivity index (χ0) is 13.8. The molecule has 0 unspecified atom stereocenters. The average molecular weight is 274 g/mol. The highest BCUT2D eigenvalue weighted by atomic mass is 35.5. The summed E-state index contributed by atoms with van der Waals surface area (Å²) in [4.78, 5) is 11.3. The highest BCUT2D eigenvalue weighted by Gasteiger charge is 2.33. The van der Waals surface area contributed by atoms with Crippen molar-refractivity contribution in [2.75, 3.05) is 0 Å². The molecule has 100 valence electrons. The molecule has 0 saturated carbocycles. The van der Waals surface area contributed by atoms with Gasteiger partial charge in [-0.25, -0.2) is 4.39 Å². The predicted molar refractivity (Wildman–Crippen MR) is 69.2 cm³/mol. The van der Waals surface area contributed by atoms with Crippen LogP contribution in [-0.2, 0) is 11.3 Å². The molecule has 1 aromatic carbocycles. The summed E-state index contributed by atoms with van der Waals surface area (Å²) < 4.78 is 13.0. The average Bonchev–Trinajstić information content (AvgIpc) is 2.35. The topological polar surface area (TPSA) is 49.3 Å². The highest BCUT2D eigenvalue weighted by molar-refractivity contribution is 6.30. The third-order valence-electron chi connectivity index (χ3n) is 3.23. The van der Waals surface area contributed by atoms with Crippen LogP contribution < -0.4 is 5.32 Å². The van der Waals surface area contributed by atoms with Crippen LogP contribution >= 0.6 is 11.6 Å². The number of hydrogen-bond donors (Lipinski definition) is 2. The zero-order valence-electron chi connectivity index (χ0n) is 10.5. The summed E-state index contributed by atoms with van der Waals surface area (Å²) in [5.74, 6) is -1.35. The Bertz CT molecular complexity index is 433. The summed E-state index contributed by atoms with van der Waals surface area (Å²) in [6.07, 6.45) is 0.960. The van der Waals surface area contributed by atoms with E-state index in [4.69, 9.17) is 11.6 Å². The standard InChI is InChI=1S/C13H17ClFNO2/c1-3-13(4-2,12(17)18)16-8-9-5-6-11(15)10(14)7-9/h5-7,16H,3-4,8H2,1-2H3,(H,17,18). The number of carboxylic acid groups (broad SMARTS) is 1. The third kappa shape index (κ3) is 3.21. The van der Waals surface area contributed by atoms with Crippen molar-refractivity contribution in [3.8, 4) is 0 Å². The van der Waals surface area contributed by atoms with Gasteiger partial charge in [0.25, 0.3) is 0 Å². The molecule has 3 nitrogen and oxygen atoms in total. The van der Waals surface area contributed by atoms with Crippen LogP contribution in [0.15, 0.2) is 18.2 Å². The molecule has 0 aromatic heterocycles. The number of nitrogens with one attached hydrogen (secondary N) is 1. The number of benzene rings is 1.